The Bertz CT molecular complexity index is 566. The highest BCUT2D eigenvalue weighted by Gasteiger charge is 2.21. The molecule has 0 aliphatic carbocycles. The Kier molecular flexibility index (Phi) is 5.55. The molecule has 4 nitrogen and oxygen atoms in total. The second kappa shape index (κ2) is 6.71. The highest BCUT2D eigenvalue weighted by atomic mass is 32.2. The monoisotopic (exact) mass is 280 g/mol. The summed E-state index contributed by atoms with van der Waals surface area (Å²) in [5, 5.41) is -0.410. The van der Waals surface area contributed by atoms with Crippen molar-refractivity contribution in [2.45, 2.75) is 25.6 Å². The van der Waals surface area contributed by atoms with Gasteiger partial charge in [-0.3, -0.25) is 0 Å². The molecule has 0 heterocycles. The molecule has 104 valence electrons. The van der Waals surface area contributed by atoms with E-state index in [2.05, 4.69) is 11.8 Å². The van der Waals surface area contributed by atoms with Crippen LogP contribution in [0, 0.1) is 11.8 Å². The fourth-order valence-corrected chi connectivity index (χ4v) is 2.60. The van der Waals surface area contributed by atoms with E-state index in [1.165, 1.54) is 4.31 Å². The SMILES string of the molecule is CC(C)S(=O)(=O)N(C)Cc1ccc(C#CCN)cc1. The fourth-order valence-electron chi connectivity index (χ4n) is 1.55. The van der Waals surface area contributed by atoms with Gasteiger partial charge in [0.1, 0.15) is 0 Å². The van der Waals surface area contributed by atoms with Gasteiger partial charge in [0.2, 0.25) is 10.0 Å². The van der Waals surface area contributed by atoms with Crippen LogP contribution in [0.1, 0.15) is 25.0 Å². The van der Waals surface area contributed by atoms with Gasteiger partial charge in [0.05, 0.1) is 11.8 Å². The molecule has 1 rings (SSSR count). The first-order valence-corrected chi connectivity index (χ1v) is 7.61. The fraction of sp³-hybridized carbons (Fsp3) is 0.429. The Morgan fingerprint density at radius 2 is 1.84 bits per heavy atom. The van der Waals surface area contributed by atoms with Gasteiger partial charge in [-0.25, -0.2) is 12.7 Å². The Morgan fingerprint density at radius 3 is 2.32 bits per heavy atom. The van der Waals surface area contributed by atoms with E-state index in [-0.39, 0.29) is 0 Å². The van der Waals surface area contributed by atoms with Crippen molar-refractivity contribution < 1.29 is 8.42 Å². The van der Waals surface area contributed by atoms with Crippen LogP contribution in [0.25, 0.3) is 0 Å². The first-order valence-electron chi connectivity index (χ1n) is 6.11. The van der Waals surface area contributed by atoms with Crippen LogP contribution in [0.5, 0.6) is 0 Å². The van der Waals surface area contributed by atoms with Gasteiger partial charge in [-0.1, -0.05) is 24.0 Å². The first-order chi connectivity index (χ1) is 8.87. The zero-order valence-corrected chi connectivity index (χ0v) is 12.4. The Balaban J connectivity index is 2.79. The zero-order chi connectivity index (χ0) is 14.5. The van der Waals surface area contributed by atoms with Crippen LogP contribution in [-0.4, -0.2) is 31.6 Å². The second-order valence-electron chi connectivity index (χ2n) is 4.55. The van der Waals surface area contributed by atoms with Gasteiger partial charge in [-0.2, -0.15) is 0 Å². The summed E-state index contributed by atoms with van der Waals surface area (Å²) < 4.78 is 25.2. The van der Waals surface area contributed by atoms with Gasteiger partial charge in [0.25, 0.3) is 0 Å². The lowest BCUT2D eigenvalue weighted by Crippen LogP contribution is -2.32. The predicted octanol–water partition coefficient (Wildman–Crippen LogP) is 1.17. The summed E-state index contributed by atoms with van der Waals surface area (Å²) in [6.45, 7) is 4.05. The van der Waals surface area contributed by atoms with Crippen molar-refractivity contribution in [2.24, 2.45) is 5.73 Å². The first kappa shape index (κ1) is 15.7. The highest BCUT2D eigenvalue weighted by molar-refractivity contribution is 7.89. The molecule has 0 unspecified atom stereocenters. The van der Waals surface area contributed by atoms with E-state index < -0.39 is 15.3 Å². The minimum atomic E-state index is -3.21. The van der Waals surface area contributed by atoms with E-state index in [0.717, 1.165) is 11.1 Å². The van der Waals surface area contributed by atoms with Gasteiger partial charge in [-0.15, -0.1) is 0 Å². The summed E-state index contributed by atoms with van der Waals surface area (Å²) in [7, 11) is -1.62. The van der Waals surface area contributed by atoms with Gasteiger partial charge in [-0.05, 0) is 31.5 Å². The third-order valence-electron chi connectivity index (χ3n) is 2.72. The quantitative estimate of drug-likeness (QED) is 0.842. The van der Waals surface area contributed by atoms with Gasteiger partial charge < -0.3 is 5.73 Å². The molecule has 0 bridgehead atoms. The molecule has 1 aromatic rings. The molecule has 0 fully saturated rings. The third kappa shape index (κ3) is 4.35. The molecule has 0 aliphatic heterocycles. The number of nitrogens with zero attached hydrogens (tertiary/aromatic N) is 1. The maximum atomic E-state index is 11.9. The summed E-state index contributed by atoms with van der Waals surface area (Å²) in [4.78, 5) is 0. The summed E-state index contributed by atoms with van der Waals surface area (Å²) in [5.74, 6) is 5.70. The molecule has 0 saturated heterocycles. The van der Waals surface area contributed by atoms with E-state index in [1.54, 1.807) is 20.9 Å². The summed E-state index contributed by atoms with van der Waals surface area (Å²) in [6.07, 6.45) is 0. The number of rotatable bonds is 4. The Hall–Kier alpha value is -1.35. The standard InChI is InChI=1S/C14H20N2O2S/c1-12(2)19(17,18)16(3)11-14-8-6-13(7-9-14)5-4-10-15/h6-9,12H,10-11,15H2,1-3H3. The normalized spacial score (nSPS) is 11.5. The molecule has 1 aromatic carbocycles. The van der Waals surface area contributed by atoms with Crippen LogP contribution in [0.2, 0.25) is 0 Å². The number of benzene rings is 1. The van der Waals surface area contributed by atoms with E-state index >= 15 is 0 Å². The van der Waals surface area contributed by atoms with Gasteiger partial charge >= 0.3 is 0 Å². The smallest absolute Gasteiger partial charge is 0.216 e. The third-order valence-corrected chi connectivity index (χ3v) is 4.91. The van der Waals surface area contributed by atoms with Crippen LogP contribution < -0.4 is 5.73 Å². The van der Waals surface area contributed by atoms with E-state index in [1.807, 2.05) is 24.3 Å². The molecule has 2 N–H and O–H groups in total. The van der Waals surface area contributed by atoms with Crippen molar-refractivity contribution >= 4 is 10.0 Å². The number of hydrogen-bond donors (Lipinski definition) is 1. The minimum Gasteiger partial charge on any atom is -0.320 e. The van der Waals surface area contributed by atoms with E-state index in [9.17, 15) is 8.42 Å². The Morgan fingerprint density at radius 1 is 1.26 bits per heavy atom. The van der Waals surface area contributed by atoms with Crippen molar-refractivity contribution in [1.29, 1.82) is 0 Å². The van der Waals surface area contributed by atoms with Crippen molar-refractivity contribution in [3.8, 4) is 11.8 Å². The number of sulfonamides is 1. The lowest BCUT2D eigenvalue weighted by molar-refractivity contribution is 0.459. The molecule has 0 atom stereocenters. The molecular weight excluding hydrogens is 260 g/mol. The highest BCUT2D eigenvalue weighted by Crippen LogP contribution is 2.12. The summed E-state index contributed by atoms with van der Waals surface area (Å²) >= 11 is 0. The molecule has 19 heavy (non-hydrogen) atoms. The lowest BCUT2D eigenvalue weighted by atomic mass is 10.1. The van der Waals surface area contributed by atoms with Crippen LogP contribution in [-0.2, 0) is 16.6 Å². The average molecular weight is 280 g/mol. The van der Waals surface area contributed by atoms with Crippen LogP contribution in [0.3, 0.4) is 0 Å². The van der Waals surface area contributed by atoms with Gasteiger partial charge in [0.15, 0.2) is 0 Å². The Labute approximate surface area is 115 Å². The predicted molar refractivity (Wildman–Crippen MR) is 77.9 cm³/mol. The van der Waals surface area contributed by atoms with Crippen LogP contribution >= 0.6 is 0 Å². The van der Waals surface area contributed by atoms with Crippen molar-refractivity contribution in [2.75, 3.05) is 13.6 Å². The lowest BCUT2D eigenvalue weighted by Gasteiger charge is -2.19. The second-order valence-corrected chi connectivity index (χ2v) is 7.15. The largest absolute Gasteiger partial charge is 0.320 e. The molecule has 0 amide bonds. The average Bonchev–Trinajstić information content (AvgIpc) is 2.37. The van der Waals surface area contributed by atoms with E-state index in [4.69, 9.17) is 5.73 Å². The summed E-state index contributed by atoms with van der Waals surface area (Å²) in [5.41, 5.74) is 7.11. The molecule has 0 saturated carbocycles. The maximum Gasteiger partial charge on any atom is 0.216 e. The molecule has 0 spiro atoms. The molecule has 0 aromatic heterocycles. The molecular formula is C14H20N2O2S. The topological polar surface area (TPSA) is 63.4 Å². The minimum absolute atomic E-state index is 0.330. The number of nitrogens with two attached hydrogens (primary N) is 1. The van der Waals surface area contributed by atoms with Crippen LogP contribution in [0.15, 0.2) is 24.3 Å². The van der Waals surface area contributed by atoms with Gasteiger partial charge in [0, 0.05) is 19.2 Å². The van der Waals surface area contributed by atoms with Crippen molar-refractivity contribution in [3.05, 3.63) is 35.4 Å². The van der Waals surface area contributed by atoms with Crippen molar-refractivity contribution in [1.82, 2.24) is 4.31 Å². The van der Waals surface area contributed by atoms with Crippen LogP contribution in [0.4, 0.5) is 0 Å². The zero-order valence-electron chi connectivity index (χ0n) is 11.6. The number of hydrogen-bond acceptors (Lipinski definition) is 3. The van der Waals surface area contributed by atoms with E-state index in [0.29, 0.717) is 13.1 Å². The molecule has 5 heteroatoms. The maximum absolute atomic E-state index is 11.9. The molecule has 0 radical (unpaired) electrons. The van der Waals surface area contributed by atoms with Crippen molar-refractivity contribution in [3.63, 3.8) is 0 Å². The summed E-state index contributed by atoms with van der Waals surface area (Å²) in [6, 6.07) is 7.50. The molecule has 0 aliphatic rings.